The minimum Gasteiger partial charge on any atom is -0.480 e. The van der Waals surface area contributed by atoms with Crippen molar-refractivity contribution >= 4 is 11.9 Å². The molecule has 2 N–H and O–H groups in total. The van der Waals surface area contributed by atoms with Crippen LogP contribution in [0.1, 0.15) is 40.0 Å². The molecule has 5 heteroatoms. The number of hydrogen-bond acceptors (Lipinski definition) is 3. The predicted octanol–water partition coefficient (Wildman–Crippen LogP) is 1.42. The van der Waals surface area contributed by atoms with Crippen molar-refractivity contribution in [3.05, 3.63) is 0 Å². The molecule has 0 spiro atoms. The SMILES string of the molecule is CCC1OCCC1C(=O)N[C@H](C(=O)O)[C@@H](C)CC. The van der Waals surface area contributed by atoms with Crippen molar-refractivity contribution in [2.75, 3.05) is 6.61 Å². The molecular formula is C13H23NO4. The summed E-state index contributed by atoms with van der Waals surface area (Å²) in [4.78, 5) is 23.3. The zero-order valence-electron chi connectivity index (χ0n) is 11.3. The maximum Gasteiger partial charge on any atom is 0.326 e. The number of carboxylic acids is 1. The summed E-state index contributed by atoms with van der Waals surface area (Å²) in [6.45, 7) is 6.30. The Kier molecular flexibility index (Phi) is 5.59. The van der Waals surface area contributed by atoms with E-state index in [1.165, 1.54) is 0 Å². The van der Waals surface area contributed by atoms with Crippen LogP contribution in [0.5, 0.6) is 0 Å². The summed E-state index contributed by atoms with van der Waals surface area (Å²) in [6, 6.07) is -0.805. The van der Waals surface area contributed by atoms with Gasteiger partial charge in [-0.2, -0.15) is 0 Å². The van der Waals surface area contributed by atoms with Gasteiger partial charge in [-0.05, 0) is 18.8 Å². The Bertz CT molecular complexity index is 305. The van der Waals surface area contributed by atoms with Gasteiger partial charge in [0.25, 0.3) is 0 Å². The third-order valence-corrected chi connectivity index (χ3v) is 3.73. The number of rotatable bonds is 6. The maximum absolute atomic E-state index is 12.1. The van der Waals surface area contributed by atoms with Crippen LogP contribution in [-0.2, 0) is 14.3 Å². The lowest BCUT2D eigenvalue weighted by Crippen LogP contribution is -2.48. The topological polar surface area (TPSA) is 75.6 Å². The Labute approximate surface area is 108 Å². The van der Waals surface area contributed by atoms with E-state index < -0.39 is 12.0 Å². The molecule has 1 rings (SSSR count). The summed E-state index contributed by atoms with van der Waals surface area (Å²) in [5, 5.41) is 11.8. The molecule has 1 amide bonds. The highest BCUT2D eigenvalue weighted by Gasteiger charge is 2.35. The minimum absolute atomic E-state index is 0.0728. The molecule has 0 aromatic carbocycles. The quantitative estimate of drug-likeness (QED) is 0.754. The first kappa shape index (κ1) is 15.0. The largest absolute Gasteiger partial charge is 0.480 e. The van der Waals surface area contributed by atoms with E-state index in [-0.39, 0.29) is 23.8 Å². The summed E-state index contributed by atoms with van der Waals surface area (Å²) >= 11 is 0. The van der Waals surface area contributed by atoms with Gasteiger partial charge in [-0.15, -0.1) is 0 Å². The van der Waals surface area contributed by atoms with Gasteiger partial charge in [0.05, 0.1) is 12.0 Å². The van der Waals surface area contributed by atoms with E-state index in [1.54, 1.807) is 0 Å². The molecule has 1 fully saturated rings. The van der Waals surface area contributed by atoms with E-state index in [4.69, 9.17) is 9.84 Å². The van der Waals surface area contributed by atoms with E-state index >= 15 is 0 Å². The van der Waals surface area contributed by atoms with Crippen molar-refractivity contribution in [1.29, 1.82) is 0 Å². The van der Waals surface area contributed by atoms with Crippen molar-refractivity contribution in [2.45, 2.75) is 52.2 Å². The van der Waals surface area contributed by atoms with Gasteiger partial charge in [-0.25, -0.2) is 4.79 Å². The van der Waals surface area contributed by atoms with Gasteiger partial charge < -0.3 is 15.2 Å². The molecule has 1 saturated heterocycles. The van der Waals surface area contributed by atoms with E-state index in [2.05, 4.69) is 5.32 Å². The van der Waals surface area contributed by atoms with Crippen LogP contribution in [0.3, 0.4) is 0 Å². The smallest absolute Gasteiger partial charge is 0.326 e. The van der Waals surface area contributed by atoms with Gasteiger partial charge >= 0.3 is 5.97 Å². The highest BCUT2D eigenvalue weighted by molar-refractivity contribution is 5.85. The fourth-order valence-corrected chi connectivity index (χ4v) is 2.29. The summed E-state index contributed by atoms with van der Waals surface area (Å²) in [5.74, 6) is -1.44. The number of aliphatic carboxylic acids is 1. The van der Waals surface area contributed by atoms with Gasteiger partial charge in [0.15, 0.2) is 0 Å². The van der Waals surface area contributed by atoms with Gasteiger partial charge in [-0.3, -0.25) is 4.79 Å². The molecule has 1 heterocycles. The van der Waals surface area contributed by atoms with Crippen LogP contribution in [0.2, 0.25) is 0 Å². The highest BCUT2D eigenvalue weighted by Crippen LogP contribution is 2.24. The lowest BCUT2D eigenvalue weighted by atomic mass is 9.95. The Morgan fingerprint density at radius 1 is 1.44 bits per heavy atom. The van der Waals surface area contributed by atoms with Crippen molar-refractivity contribution in [3.63, 3.8) is 0 Å². The number of nitrogens with one attached hydrogen (secondary N) is 1. The second kappa shape index (κ2) is 6.73. The zero-order valence-corrected chi connectivity index (χ0v) is 11.3. The van der Waals surface area contributed by atoms with Gasteiger partial charge in [-0.1, -0.05) is 27.2 Å². The predicted molar refractivity (Wildman–Crippen MR) is 67.2 cm³/mol. The van der Waals surface area contributed by atoms with E-state index in [9.17, 15) is 9.59 Å². The molecule has 5 nitrogen and oxygen atoms in total. The molecule has 0 aromatic heterocycles. The molecule has 4 atom stereocenters. The second-order valence-corrected chi connectivity index (χ2v) is 4.92. The van der Waals surface area contributed by atoms with E-state index in [0.717, 1.165) is 12.8 Å². The first-order chi connectivity index (χ1) is 8.51. The van der Waals surface area contributed by atoms with Crippen LogP contribution in [0, 0.1) is 11.8 Å². The Morgan fingerprint density at radius 2 is 2.11 bits per heavy atom. The Hall–Kier alpha value is -1.10. The van der Waals surface area contributed by atoms with E-state index in [0.29, 0.717) is 13.0 Å². The fraction of sp³-hybridized carbons (Fsp3) is 0.846. The van der Waals surface area contributed by atoms with Gasteiger partial charge in [0.2, 0.25) is 5.91 Å². The van der Waals surface area contributed by atoms with Crippen molar-refractivity contribution in [1.82, 2.24) is 5.32 Å². The van der Waals surface area contributed by atoms with Gasteiger partial charge in [0.1, 0.15) is 6.04 Å². The highest BCUT2D eigenvalue weighted by atomic mass is 16.5. The van der Waals surface area contributed by atoms with Crippen LogP contribution in [-0.4, -0.2) is 35.7 Å². The number of carboxylic acid groups (broad SMARTS) is 1. The van der Waals surface area contributed by atoms with Gasteiger partial charge in [0, 0.05) is 6.61 Å². The summed E-state index contributed by atoms with van der Waals surface area (Å²) in [7, 11) is 0. The van der Waals surface area contributed by atoms with Crippen LogP contribution in [0.15, 0.2) is 0 Å². The molecule has 1 aliphatic rings. The lowest BCUT2D eigenvalue weighted by molar-refractivity contribution is -0.144. The molecule has 104 valence electrons. The molecular weight excluding hydrogens is 234 g/mol. The first-order valence-electron chi connectivity index (χ1n) is 6.66. The van der Waals surface area contributed by atoms with Crippen molar-refractivity contribution in [2.24, 2.45) is 11.8 Å². The number of amides is 1. The van der Waals surface area contributed by atoms with Crippen LogP contribution in [0.25, 0.3) is 0 Å². The molecule has 1 aliphatic heterocycles. The van der Waals surface area contributed by atoms with Crippen LogP contribution >= 0.6 is 0 Å². The number of hydrogen-bond donors (Lipinski definition) is 2. The maximum atomic E-state index is 12.1. The van der Waals surface area contributed by atoms with Crippen molar-refractivity contribution in [3.8, 4) is 0 Å². The summed E-state index contributed by atoms with van der Waals surface area (Å²) < 4.78 is 5.46. The standard InChI is InChI=1S/C13H23NO4/c1-4-8(3)11(13(16)17)14-12(15)9-6-7-18-10(9)5-2/h8-11H,4-7H2,1-3H3,(H,14,15)(H,16,17)/t8-,9?,10?,11-/m0/s1. The third kappa shape index (κ3) is 3.45. The third-order valence-electron chi connectivity index (χ3n) is 3.73. The lowest BCUT2D eigenvalue weighted by Gasteiger charge is -2.23. The number of ether oxygens (including phenoxy) is 1. The summed E-state index contributed by atoms with van der Waals surface area (Å²) in [5.41, 5.74) is 0. The molecule has 0 saturated carbocycles. The van der Waals surface area contributed by atoms with Crippen molar-refractivity contribution < 1.29 is 19.4 Å². The molecule has 0 aromatic rings. The fourth-order valence-electron chi connectivity index (χ4n) is 2.29. The molecule has 0 bridgehead atoms. The molecule has 0 radical (unpaired) electrons. The first-order valence-corrected chi connectivity index (χ1v) is 6.66. The molecule has 18 heavy (non-hydrogen) atoms. The number of carbonyl (C=O) groups excluding carboxylic acids is 1. The summed E-state index contributed by atoms with van der Waals surface area (Å²) in [6.07, 6.45) is 2.10. The van der Waals surface area contributed by atoms with Crippen LogP contribution < -0.4 is 5.32 Å². The zero-order chi connectivity index (χ0) is 13.7. The normalized spacial score (nSPS) is 26.6. The molecule has 2 unspecified atom stereocenters. The average Bonchev–Trinajstić information content (AvgIpc) is 2.82. The van der Waals surface area contributed by atoms with Crippen LogP contribution in [0.4, 0.5) is 0 Å². The average molecular weight is 257 g/mol. The Morgan fingerprint density at radius 3 is 2.61 bits per heavy atom. The molecule has 0 aliphatic carbocycles. The minimum atomic E-state index is -0.968. The second-order valence-electron chi connectivity index (χ2n) is 4.92. The monoisotopic (exact) mass is 257 g/mol. The number of carbonyl (C=O) groups is 2. The van der Waals surface area contributed by atoms with E-state index in [1.807, 2.05) is 20.8 Å². The Balaban J connectivity index is 2.63.